The van der Waals surface area contributed by atoms with E-state index >= 15 is 0 Å². The van der Waals surface area contributed by atoms with Crippen LogP contribution in [0, 0.1) is 5.82 Å². The molecule has 18 heavy (non-hydrogen) atoms. The van der Waals surface area contributed by atoms with E-state index in [-0.39, 0.29) is 18.2 Å². The second-order valence-electron chi connectivity index (χ2n) is 5.88. The Labute approximate surface area is 107 Å². The van der Waals surface area contributed by atoms with Crippen molar-refractivity contribution in [2.24, 2.45) is 0 Å². The van der Waals surface area contributed by atoms with Gasteiger partial charge in [0.2, 0.25) is 0 Å². The van der Waals surface area contributed by atoms with E-state index in [2.05, 4.69) is 0 Å². The fourth-order valence-electron chi connectivity index (χ4n) is 2.05. The lowest BCUT2D eigenvalue weighted by molar-refractivity contribution is -0.153. The average molecular weight is 250 g/mol. The third-order valence-corrected chi connectivity index (χ3v) is 2.88. The summed E-state index contributed by atoms with van der Waals surface area (Å²) in [7, 11) is 0. The van der Waals surface area contributed by atoms with Gasteiger partial charge in [0, 0.05) is 0 Å². The number of esters is 1. The van der Waals surface area contributed by atoms with Crippen molar-refractivity contribution in [1.29, 1.82) is 0 Å². The molecule has 1 fully saturated rings. The summed E-state index contributed by atoms with van der Waals surface area (Å²) in [5.41, 5.74) is 1.37. The van der Waals surface area contributed by atoms with Crippen molar-refractivity contribution >= 4 is 5.97 Å². The number of carbonyl (C=O) groups excluding carboxylic acids is 1. The highest BCUT2D eigenvalue weighted by molar-refractivity contribution is 5.73. The Balaban J connectivity index is 2.12. The fourth-order valence-corrected chi connectivity index (χ4v) is 2.05. The van der Waals surface area contributed by atoms with Crippen molar-refractivity contribution in [3.8, 4) is 0 Å². The Morgan fingerprint density at radius 1 is 1.39 bits per heavy atom. The van der Waals surface area contributed by atoms with E-state index < -0.39 is 5.60 Å². The number of hydrogen-bond acceptors (Lipinski definition) is 2. The van der Waals surface area contributed by atoms with E-state index in [4.69, 9.17) is 4.74 Å². The molecule has 0 heterocycles. The molecule has 2 rings (SSSR count). The molecule has 0 spiro atoms. The Bertz CT molecular complexity index is 456. The predicted octanol–water partition coefficient (Wildman–Crippen LogP) is 3.59. The van der Waals surface area contributed by atoms with Crippen molar-refractivity contribution in [2.75, 3.05) is 0 Å². The van der Waals surface area contributed by atoms with Crippen LogP contribution in [0.25, 0.3) is 0 Å². The topological polar surface area (TPSA) is 26.3 Å². The molecule has 0 atom stereocenters. The third kappa shape index (κ3) is 3.56. The molecule has 0 amide bonds. The number of rotatable bonds is 3. The third-order valence-electron chi connectivity index (χ3n) is 2.88. The van der Waals surface area contributed by atoms with Gasteiger partial charge in [-0.2, -0.15) is 0 Å². The minimum absolute atomic E-state index is 0.154. The maximum atomic E-state index is 13.3. The normalized spacial score (nSPS) is 15.6. The molecule has 0 bridgehead atoms. The molecular formula is C15H19FO2. The SMILES string of the molecule is CC(C)(C)OC(=O)Cc1cc(F)ccc1C1CC1. The van der Waals surface area contributed by atoms with Crippen LogP contribution in [-0.2, 0) is 16.0 Å². The molecule has 0 unspecified atom stereocenters. The number of benzene rings is 1. The van der Waals surface area contributed by atoms with Crippen molar-refractivity contribution in [3.63, 3.8) is 0 Å². The summed E-state index contributed by atoms with van der Waals surface area (Å²) in [5, 5.41) is 0. The molecule has 2 nitrogen and oxygen atoms in total. The van der Waals surface area contributed by atoms with Gasteiger partial charge in [-0.1, -0.05) is 6.07 Å². The molecule has 0 aliphatic heterocycles. The van der Waals surface area contributed by atoms with Crippen LogP contribution in [0.4, 0.5) is 4.39 Å². The van der Waals surface area contributed by atoms with E-state index in [1.54, 1.807) is 6.07 Å². The molecule has 0 N–H and O–H groups in total. The highest BCUT2D eigenvalue weighted by atomic mass is 19.1. The summed E-state index contributed by atoms with van der Waals surface area (Å²) in [6.07, 6.45) is 2.42. The lowest BCUT2D eigenvalue weighted by Crippen LogP contribution is -2.25. The van der Waals surface area contributed by atoms with Crippen LogP contribution in [-0.4, -0.2) is 11.6 Å². The van der Waals surface area contributed by atoms with E-state index in [0.29, 0.717) is 5.92 Å². The molecule has 1 aliphatic rings. The van der Waals surface area contributed by atoms with Crippen LogP contribution < -0.4 is 0 Å². The maximum Gasteiger partial charge on any atom is 0.310 e. The summed E-state index contributed by atoms with van der Waals surface area (Å²) < 4.78 is 18.5. The van der Waals surface area contributed by atoms with E-state index in [0.717, 1.165) is 24.0 Å². The van der Waals surface area contributed by atoms with Crippen LogP contribution in [0.15, 0.2) is 18.2 Å². The molecule has 1 aromatic carbocycles. The Morgan fingerprint density at radius 2 is 2.06 bits per heavy atom. The fraction of sp³-hybridized carbons (Fsp3) is 0.533. The second kappa shape index (κ2) is 4.71. The second-order valence-corrected chi connectivity index (χ2v) is 5.88. The van der Waals surface area contributed by atoms with Gasteiger partial charge in [0.05, 0.1) is 6.42 Å². The van der Waals surface area contributed by atoms with Gasteiger partial charge in [0.25, 0.3) is 0 Å². The molecule has 0 radical (unpaired) electrons. The van der Waals surface area contributed by atoms with Crippen molar-refractivity contribution in [3.05, 3.63) is 35.1 Å². The zero-order valence-electron chi connectivity index (χ0n) is 11.1. The van der Waals surface area contributed by atoms with Gasteiger partial charge < -0.3 is 4.74 Å². The quantitative estimate of drug-likeness (QED) is 0.766. The first-order valence-corrected chi connectivity index (χ1v) is 6.35. The highest BCUT2D eigenvalue weighted by Crippen LogP contribution is 2.42. The van der Waals surface area contributed by atoms with Crippen molar-refractivity contribution in [2.45, 2.75) is 51.6 Å². The monoisotopic (exact) mass is 250 g/mol. The van der Waals surface area contributed by atoms with Gasteiger partial charge in [-0.15, -0.1) is 0 Å². The van der Waals surface area contributed by atoms with Crippen LogP contribution in [0.3, 0.4) is 0 Å². The zero-order chi connectivity index (χ0) is 13.3. The van der Waals surface area contributed by atoms with Gasteiger partial charge in [0.15, 0.2) is 0 Å². The Hall–Kier alpha value is -1.38. The minimum atomic E-state index is -0.496. The van der Waals surface area contributed by atoms with Crippen molar-refractivity contribution < 1.29 is 13.9 Å². The summed E-state index contributed by atoms with van der Waals surface area (Å²) in [6.45, 7) is 5.49. The number of hydrogen-bond donors (Lipinski definition) is 0. The molecule has 98 valence electrons. The van der Waals surface area contributed by atoms with Crippen LogP contribution >= 0.6 is 0 Å². The first-order valence-electron chi connectivity index (χ1n) is 6.35. The summed E-state index contributed by atoms with van der Waals surface area (Å²) in [5.74, 6) is -0.0870. The van der Waals surface area contributed by atoms with Crippen LogP contribution in [0.2, 0.25) is 0 Å². The van der Waals surface area contributed by atoms with E-state index in [1.807, 2.05) is 20.8 Å². The van der Waals surface area contributed by atoms with E-state index in [9.17, 15) is 9.18 Å². The zero-order valence-corrected chi connectivity index (χ0v) is 11.1. The van der Waals surface area contributed by atoms with Gasteiger partial charge in [-0.25, -0.2) is 4.39 Å². The van der Waals surface area contributed by atoms with Gasteiger partial charge in [-0.3, -0.25) is 4.79 Å². The first-order chi connectivity index (χ1) is 8.35. The molecule has 1 saturated carbocycles. The lowest BCUT2D eigenvalue weighted by Gasteiger charge is -2.20. The number of halogens is 1. The highest BCUT2D eigenvalue weighted by Gasteiger charge is 2.27. The van der Waals surface area contributed by atoms with Crippen molar-refractivity contribution in [1.82, 2.24) is 0 Å². The number of ether oxygens (including phenoxy) is 1. The summed E-state index contributed by atoms with van der Waals surface area (Å²) in [6, 6.07) is 4.72. The molecule has 1 aromatic rings. The van der Waals surface area contributed by atoms with Crippen LogP contribution in [0.5, 0.6) is 0 Å². The largest absolute Gasteiger partial charge is 0.460 e. The smallest absolute Gasteiger partial charge is 0.310 e. The molecule has 3 heteroatoms. The molecule has 0 saturated heterocycles. The Morgan fingerprint density at radius 3 is 2.61 bits per heavy atom. The van der Waals surface area contributed by atoms with Gasteiger partial charge in [-0.05, 0) is 62.8 Å². The van der Waals surface area contributed by atoms with E-state index in [1.165, 1.54) is 12.1 Å². The predicted molar refractivity (Wildman–Crippen MR) is 67.9 cm³/mol. The Kier molecular flexibility index (Phi) is 3.42. The maximum absolute atomic E-state index is 13.3. The number of carbonyl (C=O) groups is 1. The lowest BCUT2D eigenvalue weighted by atomic mass is 10.0. The van der Waals surface area contributed by atoms with Crippen LogP contribution in [0.1, 0.15) is 50.7 Å². The molecule has 0 aromatic heterocycles. The first kappa shape index (κ1) is 13.1. The van der Waals surface area contributed by atoms with Gasteiger partial charge >= 0.3 is 5.97 Å². The summed E-state index contributed by atoms with van der Waals surface area (Å²) >= 11 is 0. The molecular weight excluding hydrogens is 231 g/mol. The molecule has 1 aliphatic carbocycles. The standard InChI is InChI=1S/C15H19FO2/c1-15(2,3)18-14(17)9-11-8-12(16)6-7-13(11)10-4-5-10/h6-8,10H,4-5,9H2,1-3H3. The minimum Gasteiger partial charge on any atom is -0.460 e. The van der Waals surface area contributed by atoms with Gasteiger partial charge in [0.1, 0.15) is 11.4 Å². The summed E-state index contributed by atoms with van der Waals surface area (Å²) in [4.78, 5) is 11.8. The average Bonchev–Trinajstić information content (AvgIpc) is 2.98.